The van der Waals surface area contributed by atoms with Crippen molar-refractivity contribution in [1.29, 1.82) is 0 Å². The summed E-state index contributed by atoms with van der Waals surface area (Å²) in [5.74, 6) is 5.56. The van der Waals surface area contributed by atoms with E-state index in [-0.39, 0.29) is 6.10 Å². The molecule has 0 aromatic carbocycles. The molecule has 1 heteroatoms. The molecular weight excluding hydrogens is 112 g/mol. The number of aliphatic hydroxyl groups excluding tert-OH is 1. The Hall–Kier alpha value is -0.740. The monoisotopic (exact) mass is 124 g/mol. The second kappa shape index (κ2) is 4.17. The molecule has 1 atom stereocenters. The SMILES string of the molecule is C=C(C)C#CC[C@@H](C)O. The zero-order valence-electron chi connectivity index (χ0n) is 5.94. The van der Waals surface area contributed by atoms with Gasteiger partial charge in [0.2, 0.25) is 0 Å². The van der Waals surface area contributed by atoms with Crippen molar-refractivity contribution in [3.63, 3.8) is 0 Å². The van der Waals surface area contributed by atoms with Gasteiger partial charge in [0.25, 0.3) is 0 Å². The van der Waals surface area contributed by atoms with Crippen LogP contribution < -0.4 is 0 Å². The molecule has 0 unspecified atom stereocenters. The van der Waals surface area contributed by atoms with Crippen molar-refractivity contribution in [3.8, 4) is 11.8 Å². The Morgan fingerprint density at radius 2 is 2.33 bits per heavy atom. The van der Waals surface area contributed by atoms with Gasteiger partial charge in [-0.25, -0.2) is 0 Å². The summed E-state index contributed by atoms with van der Waals surface area (Å²) in [5, 5.41) is 8.73. The fourth-order valence-electron chi connectivity index (χ4n) is 0.350. The zero-order chi connectivity index (χ0) is 7.28. The predicted octanol–water partition coefficient (Wildman–Crippen LogP) is 1.34. The van der Waals surface area contributed by atoms with Crippen LogP contribution in [-0.4, -0.2) is 11.2 Å². The lowest BCUT2D eigenvalue weighted by molar-refractivity contribution is 0.201. The quantitative estimate of drug-likeness (QED) is 0.523. The van der Waals surface area contributed by atoms with Crippen LogP contribution in [0.25, 0.3) is 0 Å². The Morgan fingerprint density at radius 3 is 2.67 bits per heavy atom. The molecule has 50 valence electrons. The Balaban J connectivity index is 3.50. The summed E-state index contributed by atoms with van der Waals surface area (Å²) < 4.78 is 0. The van der Waals surface area contributed by atoms with Gasteiger partial charge in [0.1, 0.15) is 0 Å². The fourth-order valence-corrected chi connectivity index (χ4v) is 0.350. The van der Waals surface area contributed by atoms with Gasteiger partial charge in [0.15, 0.2) is 0 Å². The van der Waals surface area contributed by atoms with Crippen LogP contribution in [0.15, 0.2) is 12.2 Å². The van der Waals surface area contributed by atoms with Crippen molar-refractivity contribution in [3.05, 3.63) is 12.2 Å². The van der Waals surface area contributed by atoms with Crippen LogP contribution in [0, 0.1) is 11.8 Å². The maximum Gasteiger partial charge on any atom is 0.0621 e. The van der Waals surface area contributed by atoms with E-state index in [2.05, 4.69) is 18.4 Å². The van der Waals surface area contributed by atoms with Crippen molar-refractivity contribution >= 4 is 0 Å². The van der Waals surface area contributed by atoms with Crippen molar-refractivity contribution in [2.45, 2.75) is 26.4 Å². The van der Waals surface area contributed by atoms with Crippen LogP contribution in [0.3, 0.4) is 0 Å². The molecule has 0 rings (SSSR count). The average molecular weight is 124 g/mol. The molecule has 0 aliphatic carbocycles. The number of rotatable bonds is 1. The van der Waals surface area contributed by atoms with Crippen LogP contribution >= 0.6 is 0 Å². The molecule has 0 amide bonds. The van der Waals surface area contributed by atoms with Gasteiger partial charge in [-0.15, -0.1) is 0 Å². The first-order chi connectivity index (χ1) is 4.13. The van der Waals surface area contributed by atoms with E-state index in [0.717, 1.165) is 5.57 Å². The van der Waals surface area contributed by atoms with Gasteiger partial charge in [0.05, 0.1) is 6.10 Å². The molecule has 0 aliphatic heterocycles. The zero-order valence-corrected chi connectivity index (χ0v) is 5.94. The lowest BCUT2D eigenvalue weighted by Crippen LogP contribution is -1.95. The number of hydrogen-bond donors (Lipinski definition) is 1. The minimum atomic E-state index is -0.322. The first-order valence-electron chi connectivity index (χ1n) is 2.95. The van der Waals surface area contributed by atoms with Crippen LogP contribution in [0.5, 0.6) is 0 Å². The summed E-state index contributed by atoms with van der Waals surface area (Å²) in [5.41, 5.74) is 0.843. The molecule has 0 aliphatic rings. The molecule has 0 fully saturated rings. The lowest BCUT2D eigenvalue weighted by Gasteiger charge is -1.91. The smallest absolute Gasteiger partial charge is 0.0621 e. The fraction of sp³-hybridized carbons (Fsp3) is 0.500. The normalized spacial score (nSPS) is 11.4. The van der Waals surface area contributed by atoms with Crippen molar-refractivity contribution in [1.82, 2.24) is 0 Å². The summed E-state index contributed by atoms with van der Waals surface area (Å²) in [6, 6.07) is 0. The number of hydrogen-bond acceptors (Lipinski definition) is 1. The molecule has 0 bridgehead atoms. The molecular formula is C8H12O. The van der Waals surface area contributed by atoms with Crippen LogP contribution in [0.1, 0.15) is 20.3 Å². The molecule has 0 aromatic heterocycles. The summed E-state index contributed by atoms with van der Waals surface area (Å²) in [4.78, 5) is 0. The van der Waals surface area contributed by atoms with E-state index in [1.807, 2.05) is 6.92 Å². The highest BCUT2D eigenvalue weighted by Crippen LogP contribution is 1.87. The first-order valence-corrected chi connectivity index (χ1v) is 2.95. The maximum absolute atomic E-state index is 8.73. The third-order valence-corrected chi connectivity index (χ3v) is 0.699. The molecule has 0 aromatic rings. The largest absolute Gasteiger partial charge is 0.392 e. The summed E-state index contributed by atoms with van der Waals surface area (Å²) in [7, 11) is 0. The molecule has 1 N–H and O–H groups in total. The van der Waals surface area contributed by atoms with Crippen molar-refractivity contribution < 1.29 is 5.11 Å². The molecule has 1 nitrogen and oxygen atoms in total. The molecule has 0 saturated heterocycles. The first kappa shape index (κ1) is 8.26. The van der Waals surface area contributed by atoms with Crippen molar-refractivity contribution in [2.75, 3.05) is 0 Å². The highest BCUT2D eigenvalue weighted by molar-refractivity contribution is 5.22. The van der Waals surface area contributed by atoms with E-state index in [1.54, 1.807) is 6.92 Å². The average Bonchev–Trinajstić information content (AvgIpc) is 1.63. The molecule has 0 heterocycles. The summed E-state index contributed by atoms with van der Waals surface area (Å²) in [6.07, 6.45) is 0.212. The Bertz CT molecular complexity index is 146. The Labute approximate surface area is 56.4 Å². The standard InChI is InChI=1S/C8H12O/c1-7(2)5-4-6-8(3)9/h8-9H,1,6H2,2-3H3/t8-/m1/s1. The van der Waals surface area contributed by atoms with E-state index < -0.39 is 0 Å². The van der Waals surface area contributed by atoms with Gasteiger partial charge in [-0.1, -0.05) is 18.4 Å². The van der Waals surface area contributed by atoms with Crippen LogP contribution in [-0.2, 0) is 0 Å². The Morgan fingerprint density at radius 1 is 1.78 bits per heavy atom. The lowest BCUT2D eigenvalue weighted by atomic mass is 10.2. The van der Waals surface area contributed by atoms with Gasteiger partial charge in [-0.05, 0) is 19.4 Å². The number of aliphatic hydroxyl groups is 1. The van der Waals surface area contributed by atoms with Gasteiger partial charge >= 0.3 is 0 Å². The van der Waals surface area contributed by atoms with E-state index in [1.165, 1.54) is 0 Å². The highest BCUT2D eigenvalue weighted by atomic mass is 16.3. The number of allylic oxidation sites excluding steroid dienone is 1. The van der Waals surface area contributed by atoms with Crippen LogP contribution in [0.2, 0.25) is 0 Å². The maximum atomic E-state index is 8.73. The van der Waals surface area contributed by atoms with Gasteiger partial charge in [0, 0.05) is 6.42 Å². The van der Waals surface area contributed by atoms with Gasteiger partial charge in [-0.2, -0.15) is 0 Å². The highest BCUT2D eigenvalue weighted by Gasteiger charge is 1.86. The minimum absolute atomic E-state index is 0.322. The molecule has 0 saturated carbocycles. The third kappa shape index (κ3) is 7.26. The third-order valence-electron chi connectivity index (χ3n) is 0.699. The Kier molecular flexibility index (Phi) is 3.83. The summed E-state index contributed by atoms with van der Waals surface area (Å²) >= 11 is 0. The predicted molar refractivity (Wildman–Crippen MR) is 38.9 cm³/mol. The van der Waals surface area contributed by atoms with Gasteiger partial charge < -0.3 is 5.11 Å². The van der Waals surface area contributed by atoms with Crippen molar-refractivity contribution in [2.24, 2.45) is 0 Å². The van der Waals surface area contributed by atoms with E-state index in [9.17, 15) is 0 Å². The minimum Gasteiger partial charge on any atom is -0.392 e. The van der Waals surface area contributed by atoms with Crippen LogP contribution in [0.4, 0.5) is 0 Å². The molecule has 0 radical (unpaired) electrons. The summed E-state index contributed by atoms with van der Waals surface area (Å²) in [6.45, 7) is 7.15. The molecule has 9 heavy (non-hydrogen) atoms. The molecule has 0 spiro atoms. The second-order valence-corrected chi connectivity index (χ2v) is 2.14. The van der Waals surface area contributed by atoms with E-state index in [4.69, 9.17) is 5.11 Å². The van der Waals surface area contributed by atoms with Gasteiger partial charge in [-0.3, -0.25) is 0 Å². The topological polar surface area (TPSA) is 20.2 Å². The van der Waals surface area contributed by atoms with E-state index in [0.29, 0.717) is 6.42 Å². The second-order valence-electron chi connectivity index (χ2n) is 2.14. The van der Waals surface area contributed by atoms with E-state index >= 15 is 0 Å².